The molecule has 2 aliphatic heterocycles. The van der Waals surface area contributed by atoms with E-state index in [0.717, 1.165) is 19.6 Å². The number of rotatable bonds is 0. The predicted molar refractivity (Wildman–Crippen MR) is 57.3 cm³/mol. The van der Waals surface area contributed by atoms with Crippen LogP contribution in [0.15, 0.2) is 24.3 Å². The van der Waals surface area contributed by atoms with Crippen LogP contribution in [0.3, 0.4) is 0 Å². The van der Waals surface area contributed by atoms with Gasteiger partial charge in [0.1, 0.15) is 0 Å². The Bertz CT molecular complexity index is 355. The molecule has 14 heavy (non-hydrogen) atoms. The van der Waals surface area contributed by atoms with Crippen molar-refractivity contribution in [2.75, 3.05) is 26.7 Å². The first-order valence-electron chi connectivity index (χ1n) is 5.28. The Morgan fingerprint density at radius 3 is 2.79 bits per heavy atom. The van der Waals surface area contributed by atoms with Gasteiger partial charge in [-0.3, -0.25) is 0 Å². The minimum absolute atomic E-state index is 0.420. The summed E-state index contributed by atoms with van der Waals surface area (Å²) >= 11 is 0. The molecule has 3 rings (SSSR count). The number of fused-ring (bicyclic) bond motifs is 2. The molecule has 0 radical (unpaired) electrons. The largest absolute Gasteiger partial charge is 0.315 e. The summed E-state index contributed by atoms with van der Waals surface area (Å²) in [5, 5.41) is 3.41. The molecular weight excluding hydrogens is 172 g/mol. The van der Waals surface area contributed by atoms with Crippen LogP contribution in [0.25, 0.3) is 0 Å². The maximum atomic E-state index is 3.41. The third-order valence-corrected chi connectivity index (χ3v) is 3.53. The molecule has 2 nitrogen and oxygen atoms in total. The zero-order valence-electron chi connectivity index (χ0n) is 8.59. The summed E-state index contributed by atoms with van der Waals surface area (Å²) in [5.41, 5.74) is 3.52. The van der Waals surface area contributed by atoms with Crippen LogP contribution in [0.1, 0.15) is 11.1 Å². The van der Waals surface area contributed by atoms with Crippen molar-refractivity contribution in [1.29, 1.82) is 0 Å². The minimum atomic E-state index is 0.420. The van der Waals surface area contributed by atoms with Crippen LogP contribution in [0.5, 0.6) is 0 Å². The van der Waals surface area contributed by atoms with E-state index in [1.54, 1.807) is 5.56 Å². The Morgan fingerprint density at radius 2 is 2.07 bits per heavy atom. The molecule has 0 atom stereocenters. The smallest absolute Gasteiger partial charge is 0.0332 e. The van der Waals surface area contributed by atoms with E-state index in [0.29, 0.717) is 5.41 Å². The van der Waals surface area contributed by atoms with E-state index in [9.17, 15) is 0 Å². The first kappa shape index (κ1) is 8.45. The van der Waals surface area contributed by atoms with E-state index >= 15 is 0 Å². The molecule has 0 saturated carbocycles. The monoisotopic (exact) mass is 188 g/mol. The molecule has 1 fully saturated rings. The molecule has 0 aliphatic carbocycles. The fourth-order valence-electron chi connectivity index (χ4n) is 2.85. The Hall–Kier alpha value is -0.860. The molecular formula is C12H16N2. The predicted octanol–water partition coefficient (Wildman–Crippen LogP) is 0.973. The lowest BCUT2D eigenvalue weighted by Gasteiger charge is -2.49. The molecule has 0 bridgehead atoms. The summed E-state index contributed by atoms with van der Waals surface area (Å²) in [6.45, 7) is 4.61. The van der Waals surface area contributed by atoms with E-state index in [2.05, 4.69) is 41.5 Å². The molecule has 74 valence electrons. The average Bonchev–Trinajstić information content (AvgIpc) is 2.14. The lowest BCUT2D eigenvalue weighted by molar-refractivity contribution is 0.155. The van der Waals surface area contributed by atoms with E-state index in [1.807, 2.05) is 0 Å². The molecule has 0 unspecified atom stereocenters. The van der Waals surface area contributed by atoms with Crippen molar-refractivity contribution in [3.63, 3.8) is 0 Å². The van der Waals surface area contributed by atoms with Gasteiger partial charge in [0.05, 0.1) is 0 Å². The lowest BCUT2D eigenvalue weighted by Crippen LogP contribution is -2.63. The summed E-state index contributed by atoms with van der Waals surface area (Å²) in [6, 6.07) is 8.90. The fraction of sp³-hybridized carbons (Fsp3) is 0.500. The van der Waals surface area contributed by atoms with Crippen molar-refractivity contribution in [1.82, 2.24) is 10.2 Å². The van der Waals surface area contributed by atoms with Gasteiger partial charge in [-0.1, -0.05) is 24.3 Å². The molecule has 1 N–H and O–H groups in total. The number of benzene rings is 1. The van der Waals surface area contributed by atoms with Crippen LogP contribution < -0.4 is 5.32 Å². The van der Waals surface area contributed by atoms with Crippen molar-refractivity contribution >= 4 is 0 Å². The first-order chi connectivity index (χ1) is 6.80. The number of nitrogens with zero attached hydrogens (tertiary/aromatic N) is 1. The Balaban J connectivity index is 2.10. The molecule has 2 heterocycles. The van der Waals surface area contributed by atoms with Crippen molar-refractivity contribution in [3.8, 4) is 0 Å². The van der Waals surface area contributed by atoms with Crippen LogP contribution in [0.4, 0.5) is 0 Å². The molecule has 0 aromatic heterocycles. The topological polar surface area (TPSA) is 15.3 Å². The molecule has 1 aromatic rings. The highest BCUT2D eigenvalue weighted by Gasteiger charge is 2.43. The molecule has 1 saturated heterocycles. The molecule has 1 aromatic carbocycles. The number of likely N-dealkylation sites (N-methyl/N-ethyl adjacent to an activating group) is 1. The van der Waals surface area contributed by atoms with Gasteiger partial charge in [0.25, 0.3) is 0 Å². The van der Waals surface area contributed by atoms with Crippen LogP contribution in [0.2, 0.25) is 0 Å². The van der Waals surface area contributed by atoms with Crippen molar-refractivity contribution < 1.29 is 0 Å². The quantitative estimate of drug-likeness (QED) is 0.652. The van der Waals surface area contributed by atoms with Gasteiger partial charge in [0, 0.05) is 31.6 Å². The van der Waals surface area contributed by atoms with Gasteiger partial charge in [-0.25, -0.2) is 0 Å². The van der Waals surface area contributed by atoms with Gasteiger partial charge in [0.2, 0.25) is 0 Å². The van der Waals surface area contributed by atoms with Crippen LogP contribution >= 0.6 is 0 Å². The number of nitrogens with one attached hydrogen (secondary N) is 1. The second-order valence-electron chi connectivity index (χ2n) is 4.71. The first-order valence-corrected chi connectivity index (χ1v) is 5.28. The van der Waals surface area contributed by atoms with Crippen molar-refractivity contribution in [2.45, 2.75) is 12.0 Å². The van der Waals surface area contributed by atoms with Gasteiger partial charge in [-0.2, -0.15) is 0 Å². The van der Waals surface area contributed by atoms with E-state index in [4.69, 9.17) is 0 Å². The Morgan fingerprint density at radius 1 is 1.29 bits per heavy atom. The van der Waals surface area contributed by atoms with Gasteiger partial charge >= 0.3 is 0 Å². The van der Waals surface area contributed by atoms with Crippen LogP contribution in [-0.4, -0.2) is 31.6 Å². The second kappa shape index (κ2) is 2.81. The normalized spacial score (nSPS) is 24.4. The molecule has 2 aliphatic rings. The minimum Gasteiger partial charge on any atom is -0.315 e. The van der Waals surface area contributed by atoms with E-state index in [1.165, 1.54) is 12.1 Å². The third-order valence-electron chi connectivity index (χ3n) is 3.53. The lowest BCUT2D eigenvalue weighted by atomic mass is 9.71. The molecule has 2 heteroatoms. The fourth-order valence-corrected chi connectivity index (χ4v) is 2.85. The van der Waals surface area contributed by atoms with Gasteiger partial charge in [-0.15, -0.1) is 0 Å². The highest BCUT2D eigenvalue weighted by Crippen LogP contribution is 2.35. The van der Waals surface area contributed by atoms with Gasteiger partial charge in [0.15, 0.2) is 0 Å². The van der Waals surface area contributed by atoms with Gasteiger partial charge in [-0.05, 0) is 18.2 Å². The maximum Gasteiger partial charge on any atom is 0.0332 e. The Labute approximate surface area is 84.9 Å². The highest BCUT2D eigenvalue weighted by atomic mass is 15.1. The highest BCUT2D eigenvalue weighted by molar-refractivity contribution is 5.39. The number of hydrogen-bond acceptors (Lipinski definition) is 2. The number of hydrogen-bond donors (Lipinski definition) is 1. The third kappa shape index (κ3) is 1.04. The standard InChI is InChI=1S/C12H16N2/c1-14-6-10-4-2-3-5-11(10)12(9-14)7-13-8-12/h2-5,13H,6-9H2,1H3. The van der Waals surface area contributed by atoms with Gasteiger partial charge < -0.3 is 10.2 Å². The Kier molecular flexibility index (Phi) is 1.70. The zero-order chi connectivity index (χ0) is 9.60. The van der Waals surface area contributed by atoms with E-state index < -0.39 is 0 Å². The summed E-state index contributed by atoms with van der Waals surface area (Å²) in [5.74, 6) is 0. The molecule has 0 amide bonds. The van der Waals surface area contributed by atoms with Crippen LogP contribution in [-0.2, 0) is 12.0 Å². The van der Waals surface area contributed by atoms with Crippen molar-refractivity contribution in [3.05, 3.63) is 35.4 Å². The van der Waals surface area contributed by atoms with Crippen molar-refractivity contribution in [2.24, 2.45) is 0 Å². The average molecular weight is 188 g/mol. The summed E-state index contributed by atoms with van der Waals surface area (Å²) in [6.07, 6.45) is 0. The second-order valence-corrected chi connectivity index (χ2v) is 4.71. The van der Waals surface area contributed by atoms with Crippen LogP contribution in [0, 0.1) is 0 Å². The maximum absolute atomic E-state index is 3.41. The summed E-state index contributed by atoms with van der Waals surface area (Å²) in [4.78, 5) is 2.43. The summed E-state index contributed by atoms with van der Waals surface area (Å²) < 4.78 is 0. The summed E-state index contributed by atoms with van der Waals surface area (Å²) in [7, 11) is 2.22. The molecule has 1 spiro atoms. The SMILES string of the molecule is CN1Cc2ccccc2C2(CNC2)C1. The van der Waals surface area contributed by atoms with E-state index in [-0.39, 0.29) is 0 Å². The zero-order valence-corrected chi connectivity index (χ0v) is 8.59.